The van der Waals surface area contributed by atoms with Crippen LogP contribution in [0.3, 0.4) is 0 Å². The van der Waals surface area contributed by atoms with Gasteiger partial charge in [-0.1, -0.05) is 0 Å². The molecule has 3 aromatic rings. The molecule has 0 bridgehead atoms. The van der Waals surface area contributed by atoms with Gasteiger partial charge in [0.05, 0.1) is 0 Å². The first kappa shape index (κ1) is 19.8. The molecule has 0 saturated carbocycles. The molecule has 0 radical (unpaired) electrons. The summed E-state index contributed by atoms with van der Waals surface area (Å²) in [6, 6.07) is 37.5. The number of benzene rings is 3. The standard InChI is InChI=1S/3C6H5.H2O.2O.V/c3*1-2-4-6-5-3-1;;;;/h3*1-5H;1H2;;;/q3*-1;;;;+1/p-1. The second-order valence-corrected chi connectivity index (χ2v) is 4.21. The van der Waals surface area contributed by atoms with E-state index in [2.05, 4.69) is 18.2 Å². The van der Waals surface area contributed by atoms with Gasteiger partial charge in [-0.15, -0.1) is 0 Å². The van der Waals surface area contributed by atoms with Crippen molar-refractivity contribution in [2.75, 3.05) is 0 Å². The zero-order valence-electron chi connectivity index (χ0n) is 11.9. The smallest absolute Gasteiger partial charge is 0.171 e. The fourth-order valence-electron chi connectivity index (χ4n) is 1.03. The van der Waals surface area contributed by atoms with Crippen molar-refractivity contribution in [3.63, 3.8) is 0 Å². The van der Waals surface area contributed by atoms with Gasteiger partial charge in [0, 0.05) is 0 Å². The minimum absolute atomic E-state index is 1.88. The molecule has 0 spiro atoms. The van der Waals surface area contributed by atoms with E-state index in [4.69, 9.17) is 11.4 Å². The van der Waals surface area contributed by atoms with E-state index in [0.29, 0.717) is 0 Å². The molecule has 3 rings (SSSR count). The van der Waals surface area contributed by atoms with E-state index in [9.17, 15) is 0 Å². The van der Waals surface area contributed by atoms with Crippen LogP contribution in [0, 0.1) is 18.2 Å². The van der Waals surface area contributed by atoms with Gasteiger partial charge in [-0.3, -0.25) is 0 Å². The number of hydrogen-bond donors (Lipinski definition) is 1. The second kappa shape index (κ2) is 16.9. The van der Waals surface area contributed by atoms with E-state index in [0.717, 1.165) is 0 Å². The monoisotopic (exact) mass is 331 g/mol. The van der Waals surface area contributed by atoms with Gasteiger partial charge in [0.2, 0.25) is 0 Å². The Hall–Kier alpha value is -2.20. The molecular formula is C18H16O3V-3. The topological polar surface area (TPSA) is 54.4 Å². The summed E-state index contributed by atoms with van der Waals surface area (Å²) in [5.74, 6) is 0. The van der Waals surface area contributed by atoms with Crippen molar-refractivity contribution in [1.82, 2.24) is 0 Å². The van der Waals surface area contributed by atoms with Crippen LogP contribution in [0.5, 0.6) is 0 Å². The zero-order chi connectivity index (χ0) is 16.3. The van der Waals surface area contributed by atoms with Crippen LogP contribution >= 0.6 is 0 Å². The predicted octanol–water partition coefficient (Wildman–Crippen LogP) is 3.66. The predicted molar refractivity (Wildman–Crippen MR) is 79.4 cm³/mol. The molecule has 3 aromatic carbocycles. The summed E-state index contributed by atoms with van der Waals surface area (Å²) in [7, 11) is 0. The van der Waals surface area contributed by atoms with Crippen LogP contribution in [0.4, 0.5) is 0 Å². The van der Waals surface area contributed by atoms with Crippen molar-refractivity contribution in [3.8, 4) is 0 Å². The molecule has 0 atom stereocenters. The fourth-order valence-corrected chi connectivity index (χ4v) is 1.03. The maximum absolute atomic E-state index is 8.67. The first-order chi connectivity index (χ1) is 10.7. The third kappa shape index (κ3) is 20.1. The first-order valence-corrected chi connectivity index (χ1v) is 8.06. The van der Waals surface area contributed by atoms with Crippen LogP contribution < -0.4 is 0 Å². The van der Waals surface area contributed by atoms with Gasteiger partial charge in [-0.2, -0.15) is 109 Å². The van der Waals surface area contributed by atoms with Gasteiger partial charge in [0.1, 0.15) is 0 Å². The van der Waals surface area contributed by atoms with Crippen LogP contribution in [-0.2, 0) is 22.7 Å². The largest absolute Gasteiger partial charge is 0.184 e. The van der Waals surface area contributed by atoms with Crippen molar-refractivity contribution in [1.29, 1.82) is 0 Å². The van der Waals surface area contributed by atoms with E-state index in [-0.39, 0.29) is 0 Å². The summed E-state index contributed by atoms with van der Waals surface area (Å²) in [4.78, 5) is 0. The van der Waals surface area contributed by atoms with Gasteiger partial charge < -0.3 is 0 Å². The van der Waals surface area contributed by atoms with E-state index < -0.39 is 15.4 Å². The van der Waals surface area contributed by atoms with E-state index in [1.165, 1.54) is 0 Å². The van der Waals surface area contributed by atoms with E-state index in [1.54, 1.807) is 0 Å². The van der Waals surface area contributed by atoms with E-state index in [1.807, 2.05) is 91.0 Å². The molecule has 0 aliphatic carbocycles. The van der Waals surface area contributed by atoms with Gasteiger partial charge in [-0.25, -0.2) is 0 Å². The van der Waals surface area contributed by atoms with Crippen molar-refractivity contribution < 1.29 is 26.8 Å². The summed E-state index contributed by atoms with van der Waals surface area (Å²) >= 11 is -3.69. The molecule has 3 nitrogen and oxygen atoms in total. The summed E-state index contributed by atoms with van der Waals surface area (Å²) in [5.41, 5.74) is 0. The van der Waals surface area contributed by atoms with Crippen molar-refractivity contribution in [3.05, 3.63) is 109 Å². The normalized spacial score (nSPS) is 7.68. The Balaban J connectivity index is 0.000000271. The molecular weight excluding hydrogens is 315 g/mol. The summed E-state index contributed by atoms with van der Waals surface area (Å²) < 4.78 is 24.4. The average Bonchev–Trinajstić information content (AvgIpc) is 2.60. The Morgan fingerprint density at radius 2 is 0.682 bits per heavy atom. The molecule has 114 valence electrons. The summed E-state index contributed by atoms with van der Waals surface area (Å²) in [5, 5.41) is 0. The molecule has 0 unspecified atom stereocenters. The van der Waals surface area contributed by atoms with Crippen molar-refractivity contribution >= 4 is 0 Å². The van der Waals surface area contributed by atoms with Gasteiger partial charge in [-0.05, 0) is 0 Å². The zero-order valence-corrected chi connectivity index (χ0v) is 13.3. The second-order valence-electron chi connectivity index (χ2n) is 3.47. The SMILES string of the molecule is [O]=[V](=[O])[OH].[c-]1ccccc1.[c-]1ccccc1.[c-]1ccccc1. The third-order valence-electron chi connectivity index (χ3n) is 1.82. The molecule has 0 heterocycles. The third-order valence-corrected chi connectivity index (χ3v) is 1.82. The van der Waals surface area contributed by atoms with Gasteiger partial charge in [0.25, 0.3) is 0 Å². The quantitative estimate of drug-likeness (QED) is 0.640. The van der Waals surface area contributed by atoms with Gasteiger partial charge >= 0.3 is 26.8 Å². The van der Waals surface area contributed by atoms with Crippen LogP contribution in [0.2, 0.25) is 0 Å². The van der Waals surface area contributed by atoms with Crippen LogP contribution in [-0.4, -0.2) is 4.03 Å². The van der Waals surface area contributed by atoms with E-state index >= 15 is 0 Å². The fraction of sp³-hybridized carbons (Fsp3) is 0. The molecule has 4 heteroatoms. The maximum Gasteiger partial charge on any atom is -0.171 e. The van der Waals surface area contributed by atoms with Crippen LogP contribution in [0.15, 0.2) is 91.0 Å². The Morgan fingerprint density at radius 3 is 0.727 bits per heavy atom. The van der Waals surface area contributed by atoms with Crippen LogP contribution in [0.25, 0.3) is 0 Å². The number of rotatable bonds is 0. The number of hydrogen-bond acceptors (Lipinski definition) is 2. The Morgan fingerprint density at radius 1 is 0.500 bits per heavy atom. The van der Waals surface area contributed by atoms with Gasteiger partial charge in [0.15, 0.2) is 0 Å². The average molecular weight is 331 g/mol. The van der Waals surface area contributed by atoms with Crippen LogP contribution in [0.1, 0.15) is 0 Å². The molecule has 0 amide bonds. The molecule has 0 aliphatic heterocycles. The maximum atomic E-state index is 8.67. The molecule has 0 aliphatic rings. The molecule has 22 heavy (non-hydrogen) atoms. The Labute approximate surface area is 136 Å². The summed E-state index contributed by atoms with van der Waals surface area (Å²) in [6.07, 6.45) is 0. The molecule has 0 saturated heterocycles. The van der Waals surface area contributed by atoms with Crippen molar-refractivity contribution in [2.24, 2.45) is 0 Å². The molecule has 0 aromatic heterocycles. The van der Waals surface area contributed by atoms with Crippen molar-refractivity contribution in [2.45, 2.75) is 0 Å². The summed E-state index contributed by atoms with van der Waals surface area (Å²) in [6.45, 7) is 0. The minimum atomic E-state index is -3.69. The molecule has 1 N–H and O–H groups in total. The Kier molecular flexibility index (Phi) is 15.2. The first-order valence-electron chi connectivity index (χ1n) is 6.30. The Bertz CT molecular complexity index is 434. The minimum Gasteiger partial charge on any atom is -0.184 e. The molecule has 0 fully saturated rings.